The van der Waals surface area contributed by atoms with Crippen LogP contribution in [0.2, 0.25) is 0 Å². The van der Waals surface area contributed by atoms with Gasteiger partial charge in [0.2, 0.25) is 0 Å². The molecule has 1 aliphatic rings. The highest BCUT2D eigenvalue weighted by Gasteiger charge is 2.26. The van der Waals surface area contributed by atoms with Crippen molar-refractivity contribution < 1.29 is 0 Å². The summed E-state index contributed by atoms with van der Waals surface area (Å²) in [5, 5.41) is 4.57. The van der Waals surface area contributed by atoms with Gasteiger partial charge in [-0.3, -0.25) is 0 Å². The van der Waals surface area contributed by atoms with Crippen molar-refractivity contribution in [3.05, 3.63) is 5.69 Å². The first-order valence-electron chi connectivity index (χ1n) is 6.63. The summed E-state index contributed by atoms with van der Waals surface area (Å²) >= 11 is 0. The van der Waals surface area contributed by atoms with Crippen LogP contribution >= 0.6 is 0 Å². The lowest BCUT2D eigenvalue weighted by Gasteiger charge is -2.36. The van der Waals surface area contributed by atoms with Gasteiger partial charge in [-0.2, -0.15) is 5.10 Å². The van der Waals surface area contributed by atoms with Gasteiger partial charge >= 0.3 is 0 Å². The highest BCUT2D eigenvalue weighted by atomic mass is 15.4. The predicted molar refractivity (Wildman–Crippen MR) is 72.4 cm³/mol. The number of nitrogens with two attached hydrogens (primary N) is 1. The zero-order valence-corrected chi connectivity index (χ0v) is 11.4. The van der Waals surface area contributed by atoms with E-state index in [9.17, 15) is 0 Å². The molecule has 0 aliphatic carbocycles. The molecule has 0 spiro atoms. The Kier molecular flexibility index (Phi) is 3.31. The molecule has 1 unspecified atom stereocenters. The molecule has 0 amide bonds. The smallest absolute Gasteiger partial charge is 0.151 e. The van der Waals surface area contributed by atoms with E-state index in [1.165, 1.54) is 19.3 Å². The molecule has 1 fully saturated rings. The molecule has 2 N–H and O–H groups in total. The SMILES string of the molecule is Cc1nn(C(C)C)c(N2CCCCC2C)c1N. The van der Waals surface area contributed by atoms with Crippen LogP contribution in [0.25, 0.3) is 0 Å². The molecule has 1 aromatic heterocycles. The van der Waals surface area contributed by atoms with Gasteiger partial charge in [-0.25, -0.2) is 4.68 Å². The Morgan fingerprint density at radius 1 is 1.35 bits per heavy atom. The van der Waals surface area contributed by atoms with Gasteiger partial charge in [0.05, 0.1) is 11.4 Å². The number of rotatable bonds is 2. The van der Waals surface area contributed by atoms with Gasteiger partial charge in [-0.1, -0.05) is 0 Å². The second-order valence-electron chi connectivity index (χ2n) is 5.40. The third kappa shape index (κ3) is 2.13. The zero-order chi connectivity index (χ0) is 12.6. The van der Waals surface area contributed by atoms with Gasteiger partial charge in [-0.15, -0.1) is 0 Å². The van der Waals surface area contributed by atoms with Crippen LogP contribution in [-0.4, -0.2) is 22.4 Å². The van der Waals surface area contributed by atoms with Gasteiger partial charge in [0, 0.05) is 18.6 Å². The van der Waals surface area contributed by atoms with Crippen LogP contribution in [-0.2, 0) is 0 Å². The first-order chi connectivity index (χ1) is 8.02. The summed E-state index contributed by atoms with van der Waals surface area (Å²) < 4.78 is 2.08. The van der Waals surface area contributed by atoms with Gasteiger partial charge in [-0.05, 0) is 47.0 Å². The largest absolute Gasteiger partial charge is 0.394 e. The van der Waals surface area contributed by atoms with Crippen molar-refractivity contribution in [3.8, 4) is 0 Å². The summed E-state index contributed by atoms with van der Waals surface area (Å²) in [6, 6.07) is 0.926. The highest BCUT2D eigenvalue weighted by Crippen LogP contribution is 2.33. The van der Waals surface area contributed by atoms with E-state index in [2.05, 4.69) is 35.5 Å². The van der Waals surface area contributed by atoms with E-state index in [1.807, 2.05) is 6.92 Å². The lowest BCUT2D eigenvalue weighted by Crippen LogP contribution is -2.39. The van der Waals surface area contributed by atoms with Crippen LogP contribution < -0.4 is 10.6 Å². The fourth-order valence-electron chi connectivity index (χ4n) is 2.61. The van der Waals surface area contributed by atoms with Gasteiger partial charge in [0.25, 0.3) is 0 Å². The molecule has 0 aromatic carbocycles. The minimum atomic E-state index is 0.357. The Morgan fingerprint density at radius 2 is 2.06 bits per heavy atom. The summed E-state index contributed by atoms with van der Waals surface area (Å²) in [6.07, 6.45) is 3.83. The van der Waals surface area contributed by atoms with Crippen LogP contribution in [0.3, 0.4) is 0 Å². The van der Waals surface area contributed by atoms with Crippen LogP contribution in [0.15, 0.2) is 0 Å². The van der Waals surface area contributed by atoms with E-state index in [0.29, 0.717) is 12.1 Å². The number of piperidine rings is 1. The lowest BCUT2D eigenvalue weighted by molar-refractivity contribution is 0.454. The Morgan fingerprint density at radius 3 is 2.65 bits per heavy atom. The fourth-order valence-corrected chi connectivity index (χ4v) is 2.61. The lowest BCUT2D eigenvalue weighted by atomic mass is 10.0. The molecule has 2 heterocycles. The quantitative estimate of drug-likeness (QED) is 0.859. The minimum Gasteiger partial charge on any atom is -0.394 e. The number of nitrogen functional groups attached to an aromatic ring is 1. The summed E-state index contributed by atoms with van der Waals surface area (Å²) in [4.78, 5) is 2.43. The van der Waals surface area contributed by atoms with E-state index >= 15 is 0 Å². The maximum absolute atomic E-state index is 6.21. The van der Waals surface area contributed by atoms with Crippen molar-refractivity contribution >= 4 is 11.5 Å². The third-order valence-electron chi connectivity index (χ3n) is 3.67. The zero-order valence-electron chi connectivity index (χ0n) is 11.4. The number of anilines is 2. The molecule has 0 radical (unpaired) electrons. The van der Waals surface area contributed by atoms with Crippen LogP contribution in [0.1, 0.15) is 51.8 Å². The normalized spacial score (nSPS) is 21.2. The summed E-state index contributed by atoms with van der Waals surface area (Å²) in [5.74, 6) is 1.13. The van der Waals surface area contributed by atoms with E-state index < -0.39 is 0 Å². The van der Waals surface area contributed by atoms with Crippen molar-refractivity contribution in [2.75, 3.05) is 17.2 Å². The minimum absolute atomic E-state index is 0.357. The molecular formula is C13H24N4. The van der Waals surface area contributed by atoms with Crippen LogP contribution in [0.5, 0.6) is 0 Å². The monoisotopic (exact) mass is 236 g/mol. The maximum Gasteiger partial charge on any atom is 0.151 e. The molecular weight excluding hydrogens is 212 g/mol. The topological polar surface area (TPSA) is 47.1 Å². The molecule has 96 valence electrons. The number of hydrogen-bond donors (Lipinski definition) is 1. The Labute approximate surface area is 104 Å². The molecule has 1 atom stereocenters. The van der Waals surface area contributed by atoms with Gasteiger partial charge in [0.15, 0.2) is 5.82 Å². The van der Waals surface area contributed by atoms with Crippen molar-refractivity contribution in [2.24, 2.45) is 0 Å². The molecule has 4 heteroatoms. The maximum atomic E-state index is 6.21. The average molecular weight is 236 g/mol. The first-order valence-corrected chi connectivity index (χ1v) is 6.63. The fraction of sp³-hybridized carbons (Fsp3) is 0.769. The second kappa shape index (κ2) is 4.59. The van der Waals surface area contributed by atoms with Crippen molar-refractivity contribution in [3.63, 3.8) is 0 Å². The van der Waals surface area contributed by atoms with Crippen molar-refractivity contribution in [2.45, 2.75) is 59.0 Å². The molecule has 1 aliphatic heterocycles. The molecule has 4 nitrogen and oxygen atoms in total. The summed E-state index contributed by atoms with van der Waals surface area (Å²) in [6.45, 7) is 9.69. The van der Waals surface area contributed by atoms with Gasteiger partial charge in [0.1, 0.15) is 0 Å². The summed E-state index contributed by atoms with van der Waals surface area (Å²) in [7, 11) is 0. The van der Waals surface area contributed by atoms with E-state index in [4.69, 9.17) is 5.73 Å². The molecule has 2 rings (SSSR count). The molecule has 0 saturated carbocycles. The van der Waals surface area contributed by atoms with Gasteiger partial charge < -0.3 is 10.6 Å². The third-order valence-corrected chi connectivity index (χ3v) is 3.67. The molecule has 1 saturated heterocycles. The van der Waals surface area contributed by atoms with E-state index in [-0.39, 0.29) is 0 Å². The highest BCUT2D eigenvalue weighted by molar-refractivity contribution is 5.67. The first kappa shape index (κ1) is 12.3. The number of nitrogens with zero attached hydrogens (tertiary/aromatic N) is 3. The summed E-state index contributed by atoms with van der Waals surface area (Å²) in [5.41, 5.74) is 8.01. The predicted octanol–water partition coefficient (Wildman–Crippen LogP) is 2.73. The van der Waals surface area contributed by atoms with Crippen molar-refractivity contribution in [1.82, 2.24) is 9.78 Å². The van der Waals surface area contributed by atoms with E-state index in [0.717, 1.165) is 23.7 Å². The van der Waals surface area contributed by atoms with Crippen LogP contribution in [0.4, 0.5) is 11.5 Å². The number of aryl methyl sites for hydroxylation is 1. The standard InChI is InChI=1S/C13H24N4/c1-9(2)17-13(12(14)11(4)15-17)16-8-6-5-7-10(16)3/h9-10H,5-8,14H2,1-4H3. The second-order valence-corrected chi connectivity index (χ2v) is 5.40. The molecule has 0 bridgehead atoms. The number of hydrogen-bond acceptors (Lipinski definition) is 3. The number of aromatic nitrogens is 2. The Bertz CT molecular complexity index is 394. The Balaban J connectivity index is 2.41. The molecule has 17 heavy (non-hydrogen) atoms. The van der Waals surface area contributed by atoms with E-state index in [1.54, 1.807) is 0 Å². The molecule has 1 aromatic rings. The average Bonchev–Trinajstić information content (AvgIpc) is 2.57. The van der Waals surface area contributed by atoms with Crippen molar-refractivity contribution in [1.29, 1.82) is 0 Å². The Hall–Kier alpha value is -1.19. The van der Waals surface area contributed by atoms with Crippen LogP contribution in [0, 0.1) is 6.92 Å².